The van der Waals surface area contributed by atoms with Gasteiger partial charge in [-0.25, -0.2) is 0 Å². The Morgan fingerprint density at radius 3 is 2.88 bits per heavy atom. The Kier molecular flexibility index (Phi) is 4.01. The summed E-state index contributed by atoms with van der Waals surface area (Å²) in [6.07, 6.45) is 7.08. The summed E-state index contributed by atoms with van der Waals surface area (Å²) in [4.78, 5) is 0. The van der Waals surface area contributed by atoms with E-state index >= 15 is 0 Å². The number of fused-ring (bicyclic) bond motifs is 2. The summed E-state index contributed by atoms with van der Waals surface area (Å²) in [6, 6.07) is 14.3. The maximum absolute atomic E-state index is 6.21. The van der Waals surface area contributed by atoms with Gasteiger partial charge < -0.3 is 10.1 Å². The van der Waals surface area contributed by atoms with E-state index in [1.807, 2.05) is 18.2 Å². The molecule has 2 aliphatic rings. The summed E-state index contributed by atoms with van der Waals surface area (Å²) in [5.74, 6) is 8.62. The molecule has 0 radical (unpaired) electrons. The largest absolute Gasteiger partial charge is 0.455 e. The Morgan fingerprint density at radius 1 is 1.08 bits per heavy atom. The van der Waals surface area contributed by atoms with Crippen molar-refractivity contribution in [1.82, 2.24) is 0 Å². The third kappa shape index (κ3) is 2.90. The van der Waals surface area contributed by atoms with Gasteiger partial charge in [-0.05, 0) is 55.9 Å². The molecule has 0 saturated carbocycles. The van der Waals surface area contributed by atoms with E-state index in [0.29, 0.717) is 0 Å². The molecule has 0 spiro atoms. The first kappa shape index (κ1) is 14.9. The average Bonchev–Trinajstić information content (AvgIpc) is 2.79. The number of rotatable bonds is 0. The second-order valence-electron chi connectivity index (χ2n) is 6.41. The second kappa shape index (κ2) is 6.45. The fourth-order valence-electron chi connectivity index (χ4n) is 3.29. The SMILES string of the molecule is Cc1cccc2c1Oc1ccccc1[C@@H](C#CC1=CCCCC1)N2. The lowest BCUT2D eigenvalue weighted by atomic mass is 9.99. The van der Waals surface area contributed by atoms with Crippen LogP contribution in [0.1, 0.15) is 42.9 Å². The van der Waals surface area contributed by atoms with Gasteiger partial charge in [-0.2, -0.15) is 0 Å². The quantitative estimate of drug-likeness (QED) is 0.624. The molecule has 2 aromatic rings. The van der Waals surface area contributed by atoms with Crippen LogP contribution in [0.15, 0.2) is 54.1 Å². The number of hydrogen-bond acceptors (Lipinski definition) is 2. The van der Waals surface area contributed by atoms with Crippen molar-refractivity contribution in [2.45, 2.75) is 38.6 Å². The first-order chi connectivity index (χ1) is 11.8. The molecule has 1 heterocycles. The predicted molar refractivity (Wildman–Crippen MR) is 98.4 cm³/mol. The first-order valence-electron chi connectivity index (χ1n) is 8.65. The minimum absolute atomic E-state index is 0.0629. The van der Waals surface area contributed by atoms with Crippen LogP contribution in [-0.2, 0) is 0 Å². The Hall–Kier alpha value is -2.66. The zero-order valence-corrected chi connectivity index (χ0v) is 13.9. The molecular formula is C22H21NO. The van der Waals surface area contributed by atoms with Crippen molar-refractivity contribution in [2.24, 2.45) is 0 Å². The summed E-state index contributed by atoms with van der Waals surface area (Å²) < 4.78 is 6.21. The molecule has 1 N–H and O–H groups in total. The van der Waals surface area contributed by atoms with Crippen molar-refractivity contribution >= 4 is 5.69 Å². The summed E-state index contributed by atoms with van der Waals surface area (Å²) in [5.41, 5.74) is 4.49. The molecule has 0 saturated heterocycles. The molecule has 0 amide bonds. The smallest absolute Gasteiger partial charge is 0.153 e. The third-order valence-corrected chi connectivity index (χ3v) is 4.62. The highest BCUT2D eigenvalue weighted by molar-refractivity contribution is 5.66. The van der Waals surface area contributed by atoms with Gasteiger partial charge in [0.15, 0.2) is 5.75 Å². The first-order valence-corrected chi connectivity index (χ1v) is 8.65. The molecule has 0 fully saturated rings. The Labute approximate surface area is 143 Å². The van der Waals surface area contributed by atoms with Gasteiger partial charge in [-0.1, -0.05) is 48.2 Å². The summed E-state index contributed by atoms with van der Waals surface area (Å²) in [7, 11) is 0. The molecule has 2 aromatic carbocycles. The normalized spacial score (nSPS) is 18.5. The van der Waals surface area contributed by atoms with Crippen LogP contribution in [-0.4, -0.2) is 0 Å². The number of aryl methyl sites for hydroxylation is 1. The maximum atomic E-state index is 6.21. The predicted octanol–water partition coefficient (Wildman–Crippen LogP) is 5.76. The molecule has 2 nitrogen and oxygen atoms in total. The molecule has 1 aliphatic heterocycles. The van der Waals surface area contributed by atoms with E-state index in [4.69, 9.17) is 4.74 Å². The van der Waals surface area contributed by atoms with Crippen LogP contribution in [0.5, 0.6) is 11.5 Å². The molecule has 1 aliphatic carbocycles. The zero-order chi connectivity index (χ0) is 16.4. The van der Waals surface area contributed by atoms with Crippen molar-refractivity contribution in [3.05, 3.63) is 65.2 Å². The van der Waals surface area contributed by atoms with Gasteiger partial charge in [0.25, 0.3) is 0 Å². The van der Waals surface area contributed by atoms with E-state index < -0.39 is 0 Å². The molecule has 1 atom stereocenters. The minimum Gasteiger partial charge on any atom is -0.455 e. The van der Waals surface area contributed by atoms with Crippen molar-refractivity contribution in [2.75, 3.05) is 5.32 Å². The maximum Gasteiger partial charge on any atom is 0.153 e. The third-order valence-electron chi connectivity index (χ3n) is 4.62. The molecule has 2 heteroatoms. The van der Waals surface area contributed by atoms with Crippen molar-refractivity contribution < 1.29 is 4.74 Å². The minimum atomic E-state index is -0.0629. The van der Waals surface area contributed by atoms with E-state index in [0.717, 1.165) is 41.2 Å². The highest BCUT2D eigenvalue weighted by Gasteiger charge is 2.22. The van der Waals surface area contributed by atoms with E-state index in [-0.39, 0.29) is 6.04 Å². The number of anilines is 1. The number of ether oxygens (including phenoxy) is 1. The standard InChI is InChI=1S/C22H21NO/c1-16-8-7-12-20-22(16)24-21-13-6-5-11-18(21)19(23-20)15-14-17-9-3-2-4-10-17/h5-9,11-13,19,23H,2-4,10H2,1H3/t19-/m1/s1. The highest BCUT2D eigenvalue weighted by Crippen LogP contribution is 2.41. The van der Waals surface area contributed by atoms with Crippen molar-refractivity contribution in [3.8, 4) is 23.3 Å². The lowest BCUT2D eigenvalue weighted by Gasteiger charge is -2.13. The van der Waals surface area contributed by atoms with Crippen LogP contribution >= 0.6 is 0 Å². The van der Waals surface area contributed by atoms with Crippen LogP contribution in [0.25, 0.3) is 0 Å². The monoisotopic (exact) mass is 315 g/mol. The van der Waals surface area contributed by atoms with Crippen LogP contribution < -0.4 is 10.1 Å². The molecule has 0 bridgehead atoms. The summed E-state index contributed by atoms with van der Waals surface area (Å²) in [5, 5.41) is 3.57. The highest BCUT2D eigenvalue weighted by atomic mass is 16.5. The number of allylic oxidation sites excluding steroid dienone is 2. The molecular weight excluding hydrogens is 294 g/mol. The molecule has 0 unspecified atom stereocenters. The van der Waals surface area contributed by atoms with Gasteiger partial charge in [-0.3, -0.25) is 0 Å². The lowest BCUT2D eigenvalue weighted by molar-refractivity contribution is 0.479. The Balaban J connectivity index is 1.76. The molecule has 24 heavy (non-hydrogen) atoms. The van der Waals surface area contributed by atoms with Crippen molar-refractivity contribution in [1.29, 1.82) is 0 Å². The molecule has 120 valence electrons. The number of hydrogen-bond donors (Lipinski definition) is 1. The zero-order valence-electron chi connectivity index (χ0n) is 13.9. The topological polar surface area (TPSA) is 21.3 Å². The fraction of sp³-hybridized carbons (Fsp3) is 0.273. The Morgan fingerprint density at radius 2 is 2.00 bits per heavy atom. The van der Waals surface area contributed by atoms with Gasteiger partial charge >= 0.3 is 0 Å². The number of nitrogens with one attached hydrogen (secondary N) is 1. The van der Waals surface area contributed by atoms with Gasteiger partial charge in [-0.15, -0.1) is 0 Å². The second-order valence-corrected chi connectivity index (χ2v) is 6.41. The summed E-state index contributed by atoms with van der Waals surface area (Å²) in [6.45, 7) is 2.07. The lowest BCUT2D eigenvalue weighted by Crippen LogP contribution is -2.07. The number of benzene rings is 2. The summed E-state index contributed by atoms with van der Waals surface area (Å²) >= 11 is 0. The van der Waals surface area contributed by atoms with Crippen molar-refractivity contribution in [3.63, 3.8) is 0 Å². The van der Waals surface area contributed by atoms with Gasteiger partial charge in [0, 0.05) is 5.56 Å². The van der Waals surface area contributed by atoms with Gasteiger partial charge in [0.1, 0.15) is 11.8 Å². The fourth-order valence-corrected chi connectivity index (χ4v) is 3.29. The van der Waals surface area contributed by atoms with Crippen LogP contribution in [0, 0.1) is 18.8 Å². The van der Waals surface area contributed by atoms with Gasteiger partial charge in [0.2, 0.25) is 0 Å². The van der Waals surface area contributed by atoms with E-state index in [9.17, 15) is 0 Å². The molecule has 0 aromatic heterocycles. The van der Waals surface area contributed by atoms with E-state index in [1.54, 1.807) is 0 Å². The molecule has 4 rings (SSSR count). The van der Waals surface area contributed by atoms with Crippen LogP contribution in [0.4, 0.5) is 5.69 Å². The van der Waals surface area contributed by atoms with E-state index in [1.165, 1.54) is 18.4 Å². The van der Waals surface area contributed by atoms with Crippen LogP contribution in [0.3, 0.4) is 0 Å². The van der Waals surface area contributed by atoms with E-state index in [2.05, 4.69) is 54.4 Å². The Bertz CT molecular complexity index is 854. The number of para-hydroxylation sites is 2. The van der Waals surface area contributed by atoms with Crippen LogP contribution in [0.2, 0.25) is 0 Å². The average molecular weight is 315 g/mol. The van der Waals surface area contributed by atoms with Gasteiger partial charge in [0.05, 0.1) is 5.69 Å².